The second-order valence-corrected chi connectivity index (χ2v) is 6.66. The van der Waals surface area contributed by atoms with Gasteiger partial charge in [-0.1, -0.05) is 45.5 Å². The molecule has 2 unspecified atom stereocenters. The number of aliphatic hydroxyl groups is 1. The van der Waals surface area contributed by atoms with Crippen molar-refractivity contribution in [1.82, 2.24) is 0 Å². The maximum absolute atomic E-state index is 11.5. The molecule has 1 N–H and O–H groups in total. The summed E-state index contributed by atoms with van der Waals surface area (Å²) < 4.78 is 10.5. The Morgan fingerprint density at radius 1 is 1.42 bits per heavy atom. The molecule has 0 bridgehead atoms. The van der Waals surface area contributed by atoms with Gasteiger partial charge in [0.05, 0.1) is 19.1 Å². The Balaban J connectivity index is 0.00000163. The molecule has 2 atom stereocenters. The molecule has 6 heteroatoms. The minimum atomic E-state index is -0.534. The Labute approximate surface area is 157 Å². The van der Waals surface area contributed by atoms with Crippen LogP contribution in [0.1, 0.15) is 31.9 Å². The molecule has 0 amide bonds. The summed E-state index contributed by atoms with van der Waals surface area (Å²) in [4.78, 5) is 11.5. The molecule has 1 heterocycles. The SMILES string of the molecule is CC.COC(=O)C(C)Cc1ccc(OCC(O)C2CB(C#N)C2)c(C)c1. The zero-order valence-electron chi connectivity index (χ0n) is 16.5. The van der Waals surface area contributed by atoms with Crippen LogP contribution in [0.5, 0.6) is 5.75 Å². The predicted octanol–water partition coefficient (Wildman–Crippen LogP) is 3.30. The number of esters is 1. The van der Waals surface area contributed by atoms with Crippen molar-refractivity contribution in [2.24, 2.45) is 11.8 Å². The Kier molecular flexibility index (Phi) is 9.22. The molecule has 1 aromatic carbocycles. The third-order valence-electron chi connectivity index (χ3n) is 4.70. The van der Waals surface area contributed by atoms with Gasteiger partial charge in [-0.2, -0.15) is 0 Å². The highest BCUT2D eigenvalue weighted by atomic mass is 16.5. The first-order valence-electron chi connectivity index (χ1n) is 9.32. The first-order valence-corrected chi connectivity index (χ1v) is 9.32. The highest BCUT2D eigenvalue weighted by Crippen LogP contribution is 2.32. The zero-order valence-corrected chi connectivity index (χ0v) is 16.5. The number of carbonyl (C=O) groups excluding carboxylic acids is 1. The van der Waals surface area contributed by atoms with Gasteiger partial charge in [0.15, 0.2) is 0 Å². The van der Waals surface area contributed by atoms with Crippen LogP contribution in [0.4, 0.5) is 0 Å². The number of benzene rings is 1. The van der Waals surface area contributed by atoms with E-state index in [4.69, 9.17) is 14.7 Å². The third-order valence-corrected chi connectivity index (χ3v) is 4.70. The van der Waals surface area contributed by atoms with Gasteiger partial charge in [0.1, 0.15) is 12.4 Å². The molecule has 142 valence electrons. The molecule has 0 spiro atoms. The molecule has 1 aromatic rings. The summed E-state index contributed by atoms with van der Waals surface area (Å²) in [5.74, 6) is 2.72. The van der Waals surface area contributed by atoms with Gasteiger partial charge < -0.3 is 14.6 Å². The molecule has 26 heavy (non-hydrogen) atoms. The Bertz CT molecular complexity index is 623. The maximum Gasteiger partial charge on any atom is 0.308 e. The van der Waals surface area contributed by atoms with Crippen molar-refractivity contribution in [3.63, 3.8) is 0 Å². The highest BCUT2D eigenvalue weighted by Gasteiger charge is 2.37. The Morgan fingerprint density at radius 2 is 2.08 bits per heavy atom. The molecular formula is C20H30BNO4. The van der Waals surface area contributed by atoms with Crippen LogP contribution in [-0.4, -0.2) is 37.6 Å². The van der Waals surface area contributed by atoms with Crippen molar-refractivity contribution in [3.8, 4) is 11.7 Å². The molecule has 0 aromatic heterocycles. The van der Waals surface area contributed by atoms with Crippen LogP contribution in [0.3, 0.4) is 0 Å². The number of rotatable bonds is 7. The van der Waals surface area contributed by atoms with Gasteiger partial charge in [0, 0.05) is 5.97 Å². The van der Waals surface area contributed by atoms with Crippen molar-refractivity contribution >= 4 is 12.7 Å². The number of aryl methyl sites for hydroxylation is 1. The summed E-state index contributed by atoms with van der Waals surface area (Å²) in [6, 6.07) is 5.81. The number of hydrogen-bond donors (Lipinski definition) is 1. The van der Waals surface area contributed by atoms with E-state index in [-0.39, 0.29) is 31.1 Å². The number of nitriles is 1. The lowest BCUT2D eigenvalue weighted by Crippen LogP contribution is -2.40. The zero-order chi connectivity index (χ0) is 19.7. The van der Waals surface area contributed by atoms with E-state index in [1.807, 2.05) is 45.9 Å². The van der Waals surface area contributed by atoms with E-state index in [0.29, 0.717) is 6.42 Å². The average molecular weight is 359 g/mol. The van der Waals surface area contributed by atoms with Gasteiger partial charge in [-0.25, -0.2) is 5.26 Å². The van der Waals surface area contributed by atoms with Gasteiger partial charge in [-0.05, 0) is 36.5 Å². The van der Waals surface area contributed by atoms with Gasteiger partial charge in [-0.3, -0.25) is 4.79 Å². The Morgan fingerprint density at radius 3 is 2.62 bits per heavy atom. The largest absolute Gasteiger partial charge is 0.491 e. The van der Waals surface area contributed by atoms with Crippen LogP contribution in [0.25, 0.3) is 0 Å². The van der Waals surface area contributed by atoms with E-state index in [2.05, 4.69) is 5.97 Å². The van der Waals surface area contributed by atoms with E-state index in [0.717, 1.165) is 29.5 Å². The molecule has 0 radical (unpaired) electrons. The number of carbonyl (C=O) groups is 1. The molecule has 2 rings (SSSR count). The highest BCUT2D eigenvalue weighted by molar-refractivity contribution is 6.69. The van der Waals surface area contributed by atoms with Crippen LogP contribution in [0.2, 0.25) is 12.6 Å². The summed E-state index contributed by atoms with van der Waals surface area (Å²) in [5.41, 5.74) is 2.02. The van der Waals surface area contributed by atoms with E-state index in [9.17, 15) is 9.90 Å². The first-order chi connectivity index (χ1) is 12.4. The summed E-state index contributed by atoms with van der Waals surface area (Å²) in [7, 11) is 1.40. The van der Waals surface area contributed by atoms with Crippen LogP contribution in [0.15, 0.2) is 18.2 Å². The molecule has 0 aliphatic carbocycles. The molecular weight excluding hydrogens is 329 g/mol. The smallest absolute Gasteiger partial charge is 0.308 e. The second kappa shape index (κ2) is 10.9. The van der Waals surface area contributed by atoms with Crippen LogP contribution in [0, 0.1) is 30.0 Å². The van der Waals surface area contributed by atoms with Gasteiger partial charge >= 0.3 is 5.97 Å². The number of aliphatic hydroxyl groups excluding tert-OH is 1. The van der Waals surface area contributed by atoms with Crippen LogP contribution in [-0.2, 0) is 16.0 Å². The molecule has 1 aliphatic heterocycles. The normalized spacial score (nSPS) is 15.7. The fourth-order valence-corrected chi connectivity index (χ4v) is 3.03. The number of nitrogens with zero attached hydrogens (tertiary/aromatic N) is 1. The number of hydrogen-bond acceptors (Lipinski definition) is 5. The third kappa shape index (κ3) is 6.07. The van der Waals surface area contributed by atoms with Crippen molar-refractivity contribution in [3.05, 3.63) is 29.3 Å². The Hall–Kier alpha value is -2.00. The average Bonchev–Trinajstić information content (AvgIpc) is 2.61. The standard InChI is InChI=1S/C18H24BNO4.C2H6/c1-12-6-14(7-13(2)18(22)23-3)4-5-17(12)24-10-16(21)15-8-19(9-15)11-20;1-2/h4-6,13,15-16,21H,7-10H2,1-3H3;1-2H3. The number of ether oxygens (including phenoxy) is 2. The summed E-state index contributed by atoms with van der Waals surface area (Å²) in [6.45, 7) is 8.11. The van der Waals surface area contributed by atoms with E-state index < -0.39 is 6.10 Å². The first kappa shape index (κ1) is 22.0. The van der Waals surface area contributed by atoms with Gasteiger partial charge in [-0.15, -0.1) is 0 Å². The predicted molar refractivity (Wildman–Crippen MR) is 103 cm³/mol. The minimum absolute atomic E-state index is 0.0856. The molecule has 0 saturated carbocycles. The topological polar surface area (TPSA) is 79.6 Å². The van der Waals surface area contributed by atoms with E-state index in [1.54, 1.807) is 0 Å². The lowest BCUT2D eigenvalue weighted by molar-refractivity contribution is -0.144. The lowest BCUT2D eigenvalue weighted by Gasteiger charge is -2.32. The fraction of sp³-hybridized carbons (Fsp3) is 0.600. The van der Waals surface area contributed by atoms with Crippen molar-refractivity contribution < 1.29 is 19.4 Å². The summed E-state index contributed by atoms with van der Waals surface area (Å²) in [5, 5.41) is 18.9. The fourth-order valence-electron chi connectivity index (χ4n) is 3.03. The monoisotopic (exact) mass is 359 g/mol. The summed E-state index contributed by atoms with van der Waals surface area (Å²) >= 11 is 0. The quantitative estimate of drug-likeness (QED) is 0.597. The van der Waals surface area contributed by atoms with Crippen molar-refractivity contribution in [2.75, 3.05) is 13.7 Å². The molecule has 1 aliphatic rings. The van der Waals surface area contributed by atoms with Crippen molar-refractivity contribution in [2.45, 2.75) is 52.9 Å². The van der Waals surface area contributed by atoms with E-state index >= 15 is 0 Å². The van der Waals surface area contributed by atoms with E-state index in [1.165, 1.54) is 7.11 Å². The molecule has 1 fully saturated rings. The molecule has 5 nitrogen and oxygen atoms in total. The van der Waals surface area contributed by atoms with Gasteiger partial charge in [0.2, 0.25) is 0 Å². The minimum Gasteiger partial charge on any atom is -0.491 e. The van der Waals surface area contributed by atoms with Crippen LogP contribution < -0.4 is 4.74 Å². The van der Waals surface area contributed by atoms with Crippen LogP contribution >= 0.6 is 0 Å². The second-order valence-electron chi connectivity index (χ2n) is 6.66. The molecule has 1 saturated heterocycles. The van der Waals surface area contributed by atoms with Gasteiger partial charge in [0.25, 0.3) is 6.71 Å². The lowest BCUT2D eigenvalue weighted by atomic mass is 9.32. The maximum atomic E-state index is 11.5. The number of methoxy groups -OCH3 is 1. The summed E-state index contributed by atoms with van der Waals surface area (Å²) in [6.07, 6.45) is 1.59. The van der Waals surface area contributed by atoms with Crippen molar-refractivity contribution in [1.29, 1.82) is 5.26 Å².